The monoisotopic (exact) mass is 462 g/mol. The summed E-state index contributed by atoms with van der Waals surface area (Å²) in [4.78, 5) is 11.7. The molecule has 1 heterocycles. The van der Waals surface area contributed by atoms with Gasteiger partial charge in [0.25, 0.3) is 0 Å². The van der Waals surface area contributed by atoms with Crippen molar-refractivity contribution in [2.45, 2.75) is 110 Å². The molecule has 1 aliphatic rings. The molecule has 5 nitrogen and oxygen atoms in total. The summed E-state index contributed by atoms with van der Waals surface area (Å²) in [6.07, 6.45) is 16.8. The average Bonchev–Trinajstić information content (AvgIpc) is 3.23. The van der Waals surface area contributed by atoms with Crippen molar-refractivity contribution in [2.24, 2.45) is 5.92 Å². The highest BCUT2D eigenvalue weighted by Gasteiger charge is 2.36. The molecule has 1 N–H and O–H groups in total. The molecule has 1 fully saturated rings. The van der Waals surface area contributed by atoms with Gasteiger partial charge in [-0.1, -0.05) is 89.7 Å². The lowest BCUT2D eigenvalue weighted by molar-refractivity contribution is -0.167. The fourth-order valence-electron chi connectivity index (χ4n) is 4.51. The van der Waals surface area contributed by atoms with Crippen LogP contribution < -0.4 is 4.74 Å². The van der Waals surface area contributed by atoms with Crippen LogP contribution >= 0.6 is 0 Å². The Morgan fingerprint density at radius 1 is 0.909 bits per heavy atom. The number of carboxylic acids is 1. The van der Waals surface area contributed by atoms with Gasteiger partial charge >= 0.3 is 5.97 Å². The third-order valence-electron chi connectivity index (χ3n) is 6.54. The van der Waals surface area contributed by atoms with Gasteiger partial charge in [0.05, 0.1) is 25.7 Å². The first-order valence-corrected chi connectivity index (χ1v) is 13.2. The first kappa shape index (κ1) is 27.7. The van der Waals surface area contributed by atoms with Crippen molar-refractivity contribution in [1.82, 2.24) is 0 Å². The Balaban J connectivity index is 1.54. The van der Waals surface area contributed by atoms with Gasteiger partial charge in [-0.2, -0.15) is 0 Å². The highest BCUT2D eigenvalue weighted by atomic mass is 16.7. The van der Waals surface area contributed by atoms with E-state index in [2.05, 4.69) is 6.92 Å². The smallest absolute Gasteiger partial charge is 0.307 e. The van der Waals surface area contributed by atoms with Crippen LogP contribution in [-0.4, -0.2) is 36.7 Å². The maximum absolute atomic E-state index is 11.7. The maximum atomic E-state index is 11.7. The van der Waals surface area contributed by atoms with Crippen LogP contribution in [0.4, 0.5) is 0 Å². The lowest BCUT2D eigenvalue weighted by atomic mass is 9.92. The van der Waals surface area contributed by atoms with E-state index < -0.39 is 17.7 Å². The van der Waals surface area contributed by atoms with Gasteiger partial charge in [-0.3, -0.25) is 4.79 Å². The zero-order valence-electron chi connectivity index (χ0n) is 21.0. The van der Waals surface area contributed by atoms with Crippen LogP contribution in [0.2, 0.25) is 0 Å². The van der Waals surface area contributed by atoms with Gasteiger partial charge in [0, 0.05) is 6.42 Å². The summed E-state index contributed by atoms with van der Waals surface area (Å²) >= 11 is 0. The first-order valence-electron chi connectivity index (χ1n) is 13.2. The summed E-state index contributed by atoms with van der Waals surface area (Å²) in [7, 11) is 0. The molecule has 0 spiro atoms. The number of aliphatic carboxylic acids is 1. The van der Waals surface area contributed by atoms with Gasteiger partial charge in [0.1, 0.15) is 5.75 Å². The van der Waals surface area contributed by atoms with Crippen LogP contribution in [0.5, 0.6) is 5.75 Å². The third kappa shape index (κ3) is 11.9. The van der Waals surface area contributed by atoms with E-state index in [1.165, 1.54) is 70.6 Å². The van der Waals surface area contributed by atoms with Gasteiger partial charge in [-0.25, -0.2) is 0 Å². The highest BCUT2D eigenvalue weighted by Crippen LogP contribution is 2.29. The minimum Gasteiger partial charge on any atom is -0.494 e. The fraction of sp³-hybridized carbons (Fsp3) is 0.750. The Morgan fingerprint density at radius 2 is 1.42 bits per heavy atom. The number of ether oxygens (including phenoxy) is 3. The number of rotatable bonds is 19. The Morgan fingerprint density at radius 3 is 1.94 bits per heavy atom. The minimum absolute atomic E-state index is 0.347. The summed E-state index contributed by atoms with van der Waals surface area (Å²) in [5, 5.41) is 9.62. The Kier molecular flexibility index (Phi) is 13.5. The standard InChI is InChI=1S/C28H46O5/c1-3-4-5-6-7-8-9-10-11-12-13-14-19-31-26-17-15-24(16-18-26)22-25(27(29)30)23-28(2)32-20-21-33-28/h15-18,25H,3-14,19-23H2,1-2H3,(H,29,30). The molecule has 1 unspecified atom stereocenters. The zero-order chi connectivity index (χ0) is 23.8. The molecular weight excluding hydrogens is 416 g/mol. The van der Waals surface area contributed by atoms with Crippen LogP contribution in [0, 0.1) is 5.92 Å². The van der Waals surface area contributed by atoms with Crippen molar-refractivity contribution in [2.75, 3.05) is 19.8 Å². The summed E-state index contributed by atoms with van der Waals surface area (Å²) in [5.41, 5.74) is 0.988. The van der Waals surface area contributed by atoms with Crippen molar-refractivity contribution in [1.29, 1.82) is 0 Å². The van der Waals surface area contributed by atoms with Crippen molar-refractivity contribution in [3.05, 3.63) is 29.8 Å². The number of benzene rings is 1. The molecule has 33 heavy (non-hydrogen) atoms. The zero-order valence-corrected chi connectivity index (χ0v) is 21.0. The van der Waals surface area contributed by atoms with E-state index in [9.17, 15) is 9.90 Å². The van der Waals surface area contributed by atoms with Crippen molar-refractivity contribution >= 4 is 5.97 Å². The van der Waals surface area contributed by atoms with Crippen LogP contribution in [0.15, 0.2) is 24.3 Å². The van der Waals surface area contributed by atoms with Gasteiger partial charge in [0.15, 0.2) is 5.79 Å². The molecule has 0 amide bonds. The second kappa shape index (κ2) is 16.1. The largest absolute Gasteiger partial charge is 0.494 e. The molecule has 2 rings (SSSR count). The van der Waals surface area contributed by atoms with E-state index in [-0.39, 0.29) is 0 Å². The topological polar surface area (TPSA) is 65.0 Å². The Hall–Kier alpha value is -1.59. The average molecular weight is 463 g/mol. The van der Waals surface area contributed by atoms with Crippen molar-refractivity contribution in [3.8, 4) is 5.75 Å². The predicted molar refractivity (Wildman–Crippen MR) is 133 cm³/mol. The fourth-order valence-corrected chi connectivity index (χ4v) is 4.51. The molecule has 1 aromatic rings. The molecule has 1 atom stereocenters. The van der Waals surface area contributed by atoms with E-state index in [0.717, 1.165) is 24.3 Å². The Labute approximate surface area is 201 Å². The molecule has 0 radical (unpaired) electrons. The van der Waals surface area contributed by atoms with E-state index in [0.29, 0.717) is 26.1 Å². The second-order valence-electron chi connectivity index (χ2n) is 9.66. The number of hydrogen-bond donors (Lipinski definition) is 1. The number of unbranched alkanes of at least 4 members (excludes halogenated alkanes) is 11. The lowest BCUT2D eigenvalue weighted by Gasteiger charge is -2.25. The molecule has 0 aromatic heterocycles. The van der Waals surface area contributed by atoms with Crippen molar-refractivity contribution in [3.63, 3.8) is 0 Å². The van der Waals surface area contributed by atoms with Crippen LogP contribution in [-0.2, 0) is 20.7 Å². The molecular formula is C28H46O5. The highest BCUT2D eigenvalue weighted by molar-refractivity contribution is 5.70. The minimum atomic E-state index is -0.817. The van der Waals surface area contributed by atoms with E-state index in [4.69, 9.17) is 14.2 Å². The quantitative estimate of drug-likeness (QED) is 0.221. The molecule has 0 saturated carbocycles. The lowest BCUT2D eigenvalue weighted by Crippen LogP contribution is -2.32. The van der Waals surface area contributed by atoms with E-state index in [1.54, 1.807) is 0 Å². The summed E-state index contributed by atoms with van der Waals surface area (Å²) in [6.45, 7) is 5.87. The molecule has 0 bridgehead atoms. The molecule has 5 heteroatoms. The summed E-state index contributed by atoms with van der Waals surface area (Å²) < 4.78 is 17.0. The molecule has 1 aromatic carbocycles. The SMILES string of the molecule is CCCCCCCCCCCCCCOc1ccc(CC(CC2(C)OCCO2)C(=O)O)cc1. The van der Waals surface area contributed by atoms with Gasteiger partial charge in [-0.05, 0) is 37.5 Å². The molecule has 1 aliphatic heterocycles. The van der Waals surface area contributed by atoms with E-state index in [1.807, 2.05) is 31.2 Å². The van der Waals surface area contributed by atoms with Gasteiger partial charge in [0.2, 0.25) is 0 Å². The Bertz CT molecular complexity index is 636. The number of carbonyl (C=O) groups is 1. The van der Waals surface area contributed by atoms with Crippen LogP contribution in [0.25, 0.3) is 0 Å². The van der Waals surface area contributed by atoms with Crippen molar-refractivity contribution < 1.29 is 24.1 Å². The number of hydrogen-bond acceptors (Lipinski definition) is 4. The van der Waals surface area contributed by atoms with Gasteiger partial charge in [-0.15, -0.1) is 0 Å². The van der Waals surface area contributed by atoms with Crippen LogP contribution in [0.3, 0.4) is 0 Å². The molecule has 1 saturated heterocycles. The molecule has 0 aliphatic carbocycles. The summed E-state index contributed by atoms with van der Waals surface area (Å²) in [5.74, 6) is -1.30. The maximum Gasteiger partial charge on any atom is 0.307 e. The first-order chi connectivity index (χ1) is 16.0. The summed E-state index contributed by atoms with van der Waals surface area (Å²) in [6, 6.07) is 7.82. The second-order valence-corrected chi connectivity index (χ2v) is 9.66. The molecule has 188 valence electrons. The van der Waals surface area contributed by atoms with Crippen LogP contribution in [0.1, 0.15) is 103 Å². The number of carboxylic acid groups (broad SMARTS) is 1. The predicted octanol–water partition coefficient (Wildman–Crippen LogP) is 7.16. The normalized spacial score (nSPS) is 16.1. The third-order valence-corrected chi connectivity index (χ3v) is 6.54. The van der Waals surface area contributed by atoms with E-state index >= 15 is 0 Å². The van der Waals surface area contributed by atoms with Gasteiger partial charge < -0.3 is 19.3 Å².